The van der Waals surface area contributed by atoms with Crippen LogP contribution in [0.2, 0.25) is 0 Å². The quantitative estimate of drug-likeness (QED) is 0.850. The predicted octanol–water partition coefficient (Wildman–Crippen LogP) is 3.08. The molecule has 19 heavy (non-hydrogen) atoms. The number of likely N-dealkylation sites (N-methyl/N-ethyl adjacent to an activating group) is 1. The number of rotatable bonds is 4. The molecule has 0 aromatic heterocycles. The minimum atomic E-state index is -0.556. The van der Waals surface area contributed by atoms with Gasteiger partial charge in [-0.3, -0.25) is 4.79 Å². The minimum absolute atomic E-state index is 0.183. The molecular formula is C16H30N2O. The minimum Gasteiger partial charge on any atom is -0.344 e. The summed E-state index contributed by atoms with van der Waals surface area (Å²) in [4.78, 5) is 14.4. The van der Waals surface area contributed by atoms with Gasteiger partial charge in [0, 0.05) is 13.6 Å². The summed E-state index contributed by atoms with van der Waals surface area (Å²) in [5.41, 5.74) is 5.77. The van der Waals surface area contributed by atoms with Gasteiger partial charge in [-0.05, 0) is 25.2 Å². The number of nitrogens with two attached hydrogens (primary N) is 1. The van der Waals surface area contributed by atoms with Crippen LogP contribution < -0.4 is 5.73 Å². The Morgan fingerprint density at radius 1 is 1.11 bits per heavy atom. The lowest BCUT2D eigenvalue weighted by Gasteiger charge is -2.36. The molecule has 0 spiro atoms. The molecule has 3 nitrogen and oxygen atoms in total. The largest absolute Gasteiger partial charge is 0.344 e. The molecule has 0 aliphatic heterocycles. The van der Waals surface area contributed by atoms with Crippen LogP contribution >= 0.6 is 0 Å². The number of amides is 1. The third kappa shape index (κ3) is 3.95. The monoisotopic (exact) mass is 266 g/mol. The highest BCUT2D eigenvalue weighted by Crippen LogP contribution is 2.29. The molecule has 2 aliphatic rings. The molecular weight excluding hydrogens is 236 g/mol. The van der Waals surface area contributed by atoms with Gasteiger partial charge in [0.1, 0.15) is 0 Å². The topological polar surface area (TPSA) is 46.3 Å². The summed E-state index contributed by atoms with van der Waals surface area (Å²) in [6.07, 6.45) is 13.2. The number of hydrogen-bond donors (Lipinski definition) is 1. The van der Waals surface area contributed by atoms with Crippen LogP contribution in [0.3, 0.4) is 0 Å². The van der Waals surface area contributed by atoms with E-state index in [1.54, 1.807) is 0 Å². The van der Waals surface area contributed by atoms with Crippen LogP contribution in [0.5, 0.6) is 0 Å². The third-order valence-electron chi connectivity index (χ3n) is 5.12. The lowest BCUT2D eigenvalue weighted by molar-refractivity contribution is -0.137. The second kappa shape index (κ2) is 6.74. The van der Waals surface area contributed by atoms with E-state index >= 15 is 0 Å². The zero-order valence-corrected chi connectivity index (χ0v) is 12.5. The number of nitrogens with zero attached hydrogens (tertiary/aromatic N) is 1. The second-order valence-corrected chi connectivity index (χ2v) is 6.74. The maximum Gasteiger partial charge on any atom is 0.242 e. The standard InChI is InChI=1S/C16H30N2O/c1-18(13-10-14-8-4-2-5-9-14)15(19)16(17)11-6-3-7-12-16/h14H,2-13,17H2,1H3. The number of carbonyl (C=O) groups is 1. The molecule has 0 saturated heterocycles. The van der Waals surface area contributed by atoms with Crippen LogP contribution in [0, 0.1) is 5.92 Å². The first-order valence-corrected chi connectivity index (χ1v) is 8.16. The van der Waals surface area contributed by atoms with E-state index < -0.39 is 5.54 Å². The van der Waals surface area contributed by atoms with Gasteiger partial charge in [-0.2, -0.15) is 0 Å². The van der Waals surface area contributed by atoms with Crippen molar-refractivity contribution >= 4 is 5.91 Å². The first-order valence-electron chi connectivity index (χ1n) is 8.16. The molecule has 0 unspecified atom stereocenters. The highest BCUT2D eigenvalue weighted by molar-refractivity contribution is 5.86. The van der Waals surface area contributed by atoms with E-state index in [-0.39, 0.29) is 5.91 Å². The summed E-state index contributed by atoms with van der Waals surface area (Å²) in [5.74, 6) is 1.02. The van der Waals surface area contributed by atoms with Gasteiger partial charge in [0.15, 0.2) is 0 Å². The van der Waals surface area contributed by atoms with Crippen LogP contribution in [-0.4, -0.2) is 29.9 Å². The van der Waals surface area contributed by atoms with Crippen LogP contribution in [0.25, 0.3) is 0 Å². The first-order chi connectivity index (χ1) is 9.12. The molecule has 2 fully saturated rings. The summed E-state index contributed by atoms with van der Waals surface area (Å²) >= 11 is 0. The summed E-state index contributed by atoms with van der Waals surface area (Å²) in [5, 5.41) is 0. The lowest BCUT2D eigenvalue weighted by atomic mass is 9.81. The van der Waals surface area contributed by atoms with Crippen LogP contribution in [0.1, 0.15) is 70.6 Å². The van der Waals surface area contributed by atoms with Gasteiger partial charge in [-0.15, -0.1) is 0 Å². The molecule has 0 bridgehead atoms. The van der Waals surface area contributed by atoms with Gasteiger partial charge in [0.05, 0.1) is 5.54 Å². The maximum absolute atomic E-state index is 12.5. The normalized spacial score (nSPS) is 24.1. The van der Waals surface area contributed by atoms with Crippen molar-refractivity contribution in [2.24, 2.45) is 11.7 Å². The van der Waals surface area contributed by atoms with Crippen molar-refractivity contribution in [1.29, 1.82) is 0 Å². The summed E-state index contributed by atoms with van der Waals surface area (Å²) in [6, 6.07) is 0. The molecule has 2 rings (SSSR count). The molecule has 2 saturated carbocycles. The van der Waals surface area contributed by atoms with E-state index in [0.717, 1.165) is 38.1 Å². The molecule has 2 aliphatic carbocycles. The molecule has 0 aromatic rings. The van der Waals surface area contributed by atoms with Gasteiger partial charge in [-0.1, -0.05) is 51.4 Å². The van der Waals surface area contributed by atoms with Crippen LogP contribution in [0.15, 0.2) is 0 Å². The lowest BCUT2D eigenvalue weighted by Crippen LogP contribution is -2.55. The molecule has 1 amide bonds. The van der Waals surface area contributed by atoms with Gasteiger partial charge in [-0.25, -0.2) is 0 Å². The average Bonchev–Trinajstić information content (AvgIpc) is 2.46. The Morgan fingerprint density at radius 3 is 2.32 bits per heavy atom. The number of carbonyl (C=O) groups excluding carboxylic acids is 1. The highest BCUT2D eigenvalue weighted by Gasteiger charge is 2.37. The summed E-state index contributed by atoms with van der Waals surface area (Å²) in [7, 11) is 1.94. The van der Waals surface area contributed by atoms with E-state index in [4.69, 9.17) is 5.73 Å². The van der Waals surface area contributed by atoms with E-state index in [0.29, 0.717) is 0 Å². The van der Waals surface area contributed by atoms with Crippen LogP contribution in [-0.2, 0) is 4.79 Å². The summed E-state index contributed by atoms with van der Waals surface area (Å²) in [6.45, 7) is 0.891. The van der Waals surface area contributed by atoms with E-state index in [9.17, 15) is 4.79 Å². The van der Waals surface area contributed by atoms with Gasteiger partial charge >= 0.3 is 0 Å². The average molecular weight is 266 g/mol. The Kier molecular flexibility index (Phi) is 5.26. The zero-order chi connectivity index (χ0) is 13.7. The molecule has 0 radical (unpaired) electrons. The fraction of sp³-hybridized carbons (Fsp3) is 0.938. The van der Waals surface area contributed by atoms with E-state index in [1.165, 1.54) is 44.9 Å². The van der Waals surface area contributed by atoms with Gasteiger partial charge < -0.3 is 10.6 Å². The Labute approximate surface area is 117 Å². The van der Waals surface area contributed by atoms with Crippen molar-refractivity contribution in [2.75, 3.05) is 13.6 Å². The molecule has 3 heteroatoms. The van der Waals surface area contributed by atoms with Crippen molar-refractivity contribution < 1.29 is 4.79 Å². The third-order valence-corrected chi connectivity index (χ3v) is 5.12. The van der Waals surface area contributed by atoms with Crippen molar-refractivity contribution in [3.8, 4) is 0 Å². The molecule has 2 N–H and O–H groups in total. The zero-order valence-electron chi connectivity index (χ0n) is 12.5. The smallest absolute Gasteiger partial charge is 0.242 e. The summed E-state index contributed by atoms with van der Waals surface area (Å²) < 4.78 is 0. The first kappa shape index (κ1) is 14.8. The van der Waals surface area contributed by atoms with E-state index in [1.807, 2.05) is 11.9 Å². The van der Waals surface area contributed by atoms with Gasteiger partial charge in [0.2, 0.25) is 5.91 Å². The Balaban J connectivity index is 1.78. The molecule has 110 valence electrons. The van der Waals surface area contributed by atoms with Gasteiger partial charge in [0.25, 0.3) is 0 Å². The van der Waals surface area contributed by atoms with Crippen LogP contribution in [0.4, 0.5) is 0 Å². The number of hydrogen-bond acceptors (Lipinski definition) is 2. The fourth-order valence-corrected chi connectivity index (χ4v) is 3.73. The fourth-order valence-electron chi connectivity index (χ4n) is 3.73. The SMILES string of the molecule is CN(CCC1CCCCC1)C(=O)C1(N)CCCCC1. The molecule has 0 aromatic carbocycles. The van der Waals surface area contributed by atoms with Crippen molar-refractivity contribution in [1.82, 2.24) is 4.90 Å². The predicted molar refractivity (Wildman–Crippen MR) is 78.8 cm³/mol. The van der Waals surface area contributed by atoms with E-state index in [2.05, 4.69) is 0 Å². The van der Waals surface area contributed by atoms with Crippen molar-refractivity contribution in [3.63, 3.8) is 0 Å². The molecule has 0 heterocycles. The van der Waals surface area contributed by atoms with Crippen molar-refractivity contribution in [2.45, 2.75) is 76.2 Å². The molecule has 0 atom stereocenters. The Morgan fingerprint density at radius 2 is 1.68 bits per heavy atom. The second-order valence-electron chi connectivity index (χ2n) is 6.74. The maximum atomic E-state index is 12.5. The Hall–Kier alpha value is -0.570. The highest BCUT2D eigenvalue weighted by atomic mass is 16.2. The Bertz CT molecular complexity index is 291. The van der Waals surface area contributed by atoms with Crippen molar-refractivity contribution in [3.05, 3.63) is 0 Å².